The summed E-state index contributed by atoms with van der Waals surface area (Å²) >= 11 is 5.73. The minimum atomic E-state index is -0.634. The van der Waals surface area contributed by atoms with E-state index in [1.807, 2.05) is 13.8 Å². The molecule has 2 aromatic rings. The highest BCUT2D eigenvalue weighted by atomic mass is 35.5. The van der Waals surface area contributed by atoms with Crippen molar-refractivity contribution in [2.24, 2.45) is 0 Å². The Morgan fingerprint density at radius 1 is 1.19 bits per heavy atom. The van der Waals surface area contributed by atoms with E-state index in [1.165, 1.54) is 30.3 Å². The van der Waals surface area contributed by atoms with Gasteiger partial charge in [0.2, 0.25) is 0 Å². The molecule has 1 N–H and O–H groups in total. The number of hydrogen-bond acceptors (Lipinski definition) is 2. The van der Waals surface area contributed by atoms with Gasteiger partial charge in [-0.3, -0.25) is 0 Å². The van der Waals surface area contributed by atoms with Crippen molar-refractivity contribution in [3.05, 3.63) is 58.6 Å². The fourth-order valence-electron chi connectivity index (χ4n) is 2.05. The van der Waals surface area contributed by atoms with Crippen molar-refractivity contribution in [1.29, 1.82) is 0 Å². The predicted octanol–water partition coefficient (Wildman–Crippen LogP) is 5.08. The van der Waals surface area contributed by atoms with Crippen LogP contribution in [0, 0.1) is 11.6 Å². The second-order valence-corrected chi connectivity index (χ2v) is 5.02. The predicted molar refractivity (Wildman–Crippen MR) is 80.0 cm³/mol. The summed E-state index contributed by atoms with van der Waals surface area (Å²) in [6.45, 7) is 4.56. The molecule has 112 valence electrons. The Labute approximate surface area is 127 Å². The molecule has 0 spiro atoms. The molecule has 0 radical (unpaired) electrons. The zero-order valence-electron chi connectivity index (χ0n) is 11.8. The van der Waals surface area contributed by atoms with Crippen molar-refractivity contribution < 1.29 is 13.5 Å². The molecule has 2 rings (SSSR count). The van der Waals surface area contributed by atoms with E-state index in [1.54, 1.807) is 6.07 Å². The fraction of sp³-hybridized carbons (Fsp3) is 0.250. The standard InChI is InChI=1S/C16H16ClF2NO/c1-3-20-10(2)12-9-11(18)7-8-14(12)21-15-6-4-5-13(17)16(15)19/h4-10,20H,3H2,1-2H3. The summed E-state index contributed by atoms with van der Waals surface area (Å²) in [6.07, 6.45) is 0. The zero-order valence-corrected chi connectivity index (χ0v) is 12.5. The van der Waals surface area contributed by atoms with Gasteiger partial charge < -0.3 is 10.1 Å². The normalized spacial score (nSPS) is 12.2. The molecule has 5 heteroatoms. The van der Waals surface area contributed by atoms with Crippen molar-refractivity contribution in [3.63, 3.8) is 0 Å². The van der Waals surface area contributed by atoms with E-state index < -0.39 is 5.82 Å². The molecule has 1 atom stereocenters. The summed E-state index contributed by atoms with van der Waals surface area (Å²) < 4.78 is 32.9. The van der Waals surface area contributed by atoms with Gasteiger partial charge in [0.05, 0.1) is 5.02 Å². The molecule has 0 aromatic heterocycles. The number of hydrogen-bond donors (Lipinski definition) is 1. The molecule has 0 amide bonds. The second-order valence-electron chi connectivity index (χ2n) is 4.62. The van der Waals surface area contributed by atoms with E-state index in [0.29, 0.717) is 11.3 Å². The van der Waals surface area contributed by atoms with Gasteiger partial charge in [-0.05, 0) is 43.8 Å². The Morgan fingerprint density at radius 3 is 2.67 bits per heavy atom. The Balaban J connectivity index is 2.37. The van der Waals surface area contributed by atoms with Crippen LogP contribution in [0.4, 0.5) is 8.78 Å². The minimum absolute atomic E-state index is 0.0130. The van der Waals surface area contributed by atoms with Crippen LogP contribution in [0.3, 0.4) is 0 Å². The van der Waals surface area contributed by atoms with Gasteiger partial charge in [-0.25, -0.2) is 8.78 Å². The molecule has 0 aliphatic rings. The van der Waals surface area contributed by atoms with Crippen molar-refractivity contribution >= 4 is 11.6 Å². The lowest BCUT2D eigenvalue weighted by Gasteiger charge is -2.18. The molecular formula is C16H16ClF2NO. The molecule has 0 aliphatic heterocycles. The van der Waals surface area contributed by atoms with Crippen molar-refractivity contribution in [2.45, 2.75) is 19.9 Å². The van der Waals surface area contributed by atoms with Crippen LogP contribution < -0.4 is 10.1 Å². The summed E-state index contributed by atoms with van der Waals surface area (Å²) in [6, 6.07) is 8.53. The summed E-state index contributed by atoms with van der Waals surface area (Å²) in [5, 5.41) is 3.16. The first-order valence-corrected chi connectivity index (χ1v) is 7.05. The number of nitrogens with one attached hydrogen (secondary N) is 1. The second kappa shape index (κ2) is 6.87. The molecule has 0 aliphatic carbocycles. The Bertz CT molecular complexity index is 634. The molecule has 2 aromatic carbocycles. The van der Waals surface area contributed by atoms with E-state index in [4.69, 9.17) is 16.3 Å². The molecule has 21 heavy (non-hydrogen) atoms. The average Bonchev–Trinajstić information content (AvgIpc) is 2.46. The molecule has 0 saturated carbocycles. The lowest BCUT2D eigenvalue weighted by atomic mass is 10.1. The van der Waals surface area contributed by atoms with Crippen LogP contribution in [0.25, 0.3) is 0 Å². The van der Waals surface area contributed by atoms with E-state index >= 15 is 0 Å². The van der Waals surface area contributed by atoms with Gasteiger partial charge in [0, 0.05) is 11.6 Å². The third-order valence-electron chi connectivity index (χ3n) is 3.08. The highest BCUT2D eigenvalue weighted by Gasteiger charge is 2.15. The smallest absolute Gasteiger partial charge is 0.184 e. The van der Waals surface area contributed by atoms with Crippen LogP contribution >= 0.6 is 11.6 Å². The summed E-state index contributed by atoms with van der Waals surface area (Å²) in [4.78, 5) is 0. The quantitative estimate of drug-likeness (QED) is 0.831. The van der Waals surface area contributed by atoms with E-state index in [2.05, 4.69) is 5.32 Å². The average molecular weight is 312 g/mol. The van der Waals surface area contributed by atoms with Crippen molar-refractivity contribution in [1.82, 2.24) is 5.32 Å². The lowest BCUT2D eigenvalue weighted by Crippen LogP contribution is -2.18. The minimum Gasteiger partial charge on any atom is -0.454 e. The van der Waals surface area contributed by atoms with Crippen LogP contribution in [0.15, 0.2) is 36.4 Å². The third kappa shape index (κ3) is 3.71. The van der Waals surface area contributed by atoms with Crippen molar-refractivity contribution in [3.8, 4) is 11.5 Å². The first kappa shape index (κ1) is 15.7. The Hall–Kier alpha value is -1.65. The summed E-state index contributed by atoms with van der Waals surface area (Å²) in [7, 11) is 0. The lowest BCUT2D eigenvalue weighted by molar-refractivity contribution is 0.428. The Kier molecular flexibility index (Phi) is 5.15. The SMILES string of the molecule is CCNC(C)c1cc(F)ccc1Oc1cccc(Cl)c1F. The Morgan fingerprint density at radius 2 is 1.95 bits per heavy atom. The van der Waals surface area contributed by atoms with Crippen molar-refractivity contribution in [2.75, 3.05) is 6.54 Å². The first-order valence-electron chi connectivity index (χ1n) is 6.67. The van der Waals surface area contributed by atoms with E-state index in [9.17, 15) is 8.78 Å². The molecule has 1 unspecified atom stereocenters. The fourth-order valence-corrected chi connectivity index (χ4v) is 2.21. The topological polar surface area (TPSA) is 21.3 Å². The van der Waals surface area contributed by atoms with Gasteiger partial charge >= 0.3 is 0 Å². The molecule has 0 heterocycles. The van der Waals surface area contributed by atoms with Gasteiger partial charge in [0.1, 0.15) is 11.6 Å². The zero-order chi connectivity index (χ0) is 15.4. The summed E-state index contributed by atoms with van der Waals surface area (Å²) in [5.41, 5.74) is 0.622. The van der Waals surface area contributed by atoms with Gasteiger partial charge in [-0.15, -0.1) is 0 Å². The van der Waals surface area contributed by atoms with Gasteiger partial charge in [0.15, 0.2) is 11.6 Å². The largest absolute Gasteiger partial charge is 0.454 e. The van der Waals surface area contributed by atoms with Crippen LogP contribution in [-0.4, -0.2) is 6.54 Å². The summed E-state index contributed by atoms with van der Waals surface area (Å²) in [5.74, 6) is -0.593. The van der Waals surface area contributed by atoms with Gasteiger partial charge in [-0.2, -0.15) is 0 Å². The van der Waals surface area contributed by atoms with E-state index in [0.717, 1.165) is 6.54 Å². The molecule has 0 saturated heterocycles. The van der Waals surface area contributed by atoms with Crippen LogP contribution in [-0.2, 0) is 0 Å². The number of ether oxygens (including phenoxy) is 1. The number of benzene rings is 2. The highest BCUT2D eigenvalue weighted by molar-refractivity contribution is 6.30. The molecule has 0 bridgehead atoms. The first-order chi connectivity index (χ1) is 10.0. The maximum absolute atomic E-state index is 13.9. The van der Waals surface area contributed by atoms with Crippen LogP contribution in [0.1, 0.15) is 25.5 Å². The maximum Gasteiger partial charge on any atom is 0.184 e. The van der Waals surface area contributed by atoms with Gasteiger partial charge in [0.25, 0.3) is 0 Å². The maximum atomic E-state index is 13.9. The van der Waals surface area contributed by atoms with Gasteiger partial charge in [-0.1, -0.05) is 24.6 Å². The third-order valence-corrected chi connectivity index (χ3v) is 3.38. The number of halogens is 3. The molecule has 2 nitrogen and oxygen atoms in total. The molecule has 0 fully saturated rings. The molecular weight excluding hydrogens is 296 g/mol. The van der Waals surface area contributed by atoms with Crippen LogP contribution in [0.2, 0.25) is 5.02 Å². The van der Waals surface area contributed by atoms with E-state index in [-0.39, 0.29) is 22.6 Å². The highest BCUT2D eigenvalue weighted by Crippen LogP contribution is 2.33. The van der Waals surface area contributed by atoms with Crippen LogP contribution in [0.5, 0.6) is 11.5 Å². The monoisotopic (exact) mass is 311 g/mol. The number of rotatable bonds is 5.